The van der Waals surface area contributed by atoms with Crippen LogP contribution in [0.3, 0.4) is 0 Å². The van der Waals surface area contributed by atoms with Crippen LogP contribution in [0.2, 0.25) is 0 Å². The quantitative estimate of drug-likeness (QED) is 0.0604. The van der Waals surface area contributed by atoms with Crippen LogP contribution < -0.4 is 9.47 Å². The molecule has 34 heteroatoms. The van der Waals surface area contributed by atoms with Gasteiger partial charge in [0.05, 0.1) is 19.9 Å². The van der Waals surface area contributed by atoms with Crippen molar-refractivity contribution in [3.05, 3.63) is 366 Å². The second-order valence-electron chi connectivity index (χ2n) is 32.5. The third-order valence-electron chi connectivity index (χ3n) is 23.5. The van der Waals surface area contributed by atoms with E-state index in [1.165, 1.54) is 121 Å². The van der Waals surface area contributed by atoms with Crippen molar-refractivity contribution in [1.29, 1.82) is 0 Å². The molecule has 26 nitrogen and oxygen atoms in total. The van der Waals surface area contributed by atoms with Crippen molar-refractivity contribution in [2.24, 2.45) is 0 Å². The minimum absolute atomic E-state index is 0.0202. The van der Waals surface area contributed by atoms with Crippen LogP contribution in [0.4, 0.5) is 35.1 Å². The lowest BCUT2D eigenvalue weighted by Crippen LogP contribution is -2.37. The molecule has 700 valence electrons. The van der Waals surface area contributed by atoms with Crippen molar-refractivity contribution in [3.63, 3.8) is 0 Å². The van der Waals surface area contributed by atoms with E-state index in [0.29, 0.717) is 181 Å². The highest BCUT2D eigenvalue weighted by atomic mass is 19.2. The third-order valence-corrected chi connectivity index (χ3v) is 23.5. The molecule has 4 aliphatic rings. The lowest BCUT2D eigenvalue weighted by atomic mass is 9.99. The number of fused-ring (bicyclic) bond motifs is 1. The van der Waals surface area contributed by atoms with Gasteiger partial charge in [0.1, 0.15) is 78.5 Å². The van der Waals surface area contributed by atoms with E-state index in [2.05, 4.69) is 66.3 Å². The Kier molecular flexibility index (Phi) is 29.4. The normalized spacial score (nSPS) is 13.5. The number of rotatable bonds is 21. The Labute approximate surface area is 792 Å². The van der Waals surface area contributed by atoms with E-state index in [9.17, 15) is 54.3 Å². The third kappa shape index (κ3) is 23.5. The summed E-state index contributed by atoms with van der Waals surface area (Å²) in [6, 6.07) is 66.0. The molecule has 0 atom stereocenters. The van der Waals surface area contributed by atoms with Crippen molar-refractivity contribution >= 4 is 40.3 Å². The molecule has 16 aromatic rings. The smallest absolute Gasteiger partial charge is 0.244 e. The molecule has 11 heterocycles. The van der Waals surface area contributed by atoms with E-state index in [4.69, 9.17) is 9.47 Å². The molecule has 0 spiro atoms. The summed E-state index contributed by atoms with van der Waals surface area (Å²) in [5, 5.41) is 18.1. The molecule has 0 saturated carbocycles. The summed E-state index contributed by atoms with van der Waals surface area (Å²) in [7, 11) is 3.22. The molecular formula is C105H88F8N20O6. The second kappa shape index (κ2) is 43.6. The zero-order valence-corrected chi connectivity index (χ0v) is 75.2. The Hall–Kier alpha value is -16.9. The molecule has 0 saturated heterocycles. The molecule has 4 amide bonds. The molecule has 0 unspecified atom stereocenters. The molecule has 4 aliphatic heterocycles. The van der Waals surface area contributed by atoms with E-state index < -0.39 is 0 Å². The van der Waals surface area contributed by atoms with Gasteiger partial charge in [0.2, 0.25) is 29.5 Å². The molecule has 0 fully saturated rings. The highest BCUT2D eigenvalue weighted by Crippen LogP contribution is 2.33. The first-order valence-electron chi connectivity index (χ1n) is 44.5. The van der Waals surface area contributed by atoms with Gasteiger partial charge in [0.15, 0.2) is 52.4 Å². The molecule has 7 aromatic heterocycles. The summed E-state index contributed by atoms with van der Waals surface area (Å²) in [5.41, 5.74) is 12.3. The summed E-state index contributed by atoms with van der Waals surface area (Å²) in [4.78, 5) is 95.6. The van der Waals surface area contributed by atoms with Crippen LogP contribution in [0.5, 0.6) is 11.6 Å². The van der Waals surface area contributed by atoms with Crippen molar-refractivity contribution in [3.8, 4) is 103 Å². The summed E-state index contributed by atoms with van der Waals surface area (Å²) in [6.45, 7) is 4.07. The number of pyridine rings is 2. The Balaban J connectivity index is 0.000000128. The number of hydrogen-bond donors (Lipinski definition) is 0. The molecular weight excluding hydrogens is 1790 g/mol. The van der Waals surface area contributed by atoms with Crippen molar-refractivity contribution in [2.75, 3.05) is 66.6 Å². The zero-order chi connectivity index (χ0) is 96.4. The van der Waals surface area contributed by atoms with Crippen molar-refractivity contribution < 1.29 is 63.8 Å². The maximum Gasteiger partial charge on any atom is 0.244 e. The standard InChI is InChI=1S/C28H24F2N4O2.C26H23F2N5O2.C26H21F2N5O.C25H20F2N6O/c1-36-25-4-2-3-22(17-25)19-13-15-33(16-14-19)26(35)18-34-28(21-7-11-24(30)12-8-21)31-27(32-34)20-5-9-23(29)10-6-20;1-35-23-11-6-17-12-14-32(15-13-22(17)29-23)24(34)16-33-26(19-4-9-21(28)10-5-19)30-25(31-33)18-2-7-20(27)8-3-18;27-21-8-4-19(5-9-21)25-30-26(20-6-10-22(28)11-7-20)33(31-25)17-24(34)32-15-12-18(13-16-32)23-3-1-2-14-29-23;26-20-6-2-17(3-7-20)24-30-25(19-4-8-21(27)9-5-19)33(31-24)16-22(34)32-14-10-18(11-15-32)23-28-12-1-13-29-23/h2-13,17H,14-16,18H2,1H3;2-11H,12-16H2,1H3;1-12,14H,13,15-17H2;1-10,12-13H,11,14-16H2. The molecule has 0 N–H and O–H groups in total. The summed E-state index contributed by atoms with van der Waals surface area (Å²) in [5.74, 6) is 1.84. The van der Waals surface area contributed by atoms with E-state index in [1.54, 1.807) is 156 Å². The number of amides is 4. The first-order valence-corrected chi connectivity index (χ1v) is 44.5. The number of carbonyl (C=O) groups excluding carboxylic acids is 4. The van der Waals surface area contributed by atoms with Gasteiger partial charge in [-0.1, -0.05) is 42.5 Å². The number of nitrogens with zero attached hydrogens (tertiary/aromatic N) is 20. The van der Waals surface area contributed by atoms with Gasteiger partial charge >= 0.3 is 0 Å². The largest absolute Gasteiger partial charge is 0.497 e. The van der Waals surface area contributed by atoms with Gasteiger partial charge in [-0.15, -0.1) is 20.4 Å². The van der Waals surface area contributed by atoms with E-state index in [0.717, 1.165) is 45.8 Å². The van der Waals surface area contributed by atoms with Crippen LogP contribution in [-0.4, -0.2) is 189 Å². The molecule has 0 radical (unpaired) electrons. The lowest BCUT2D eigenvalue weighted by molar-refractivity contribution is -0.132. The summed E-state index contributed by atoms with van der Waals surface area (Å²) >= 11 is 0. The molecule has 20 rings (SSSR count). The van der Waals surface area contributed by atoms with E-state index >= 15 is 0 Å². The minimum Gasteiger partial charge on any atom is -0.497 e. The first kappa shape index (κ1) is 93.9. The molecule has 0 bridgehead atoms. The van der Waals surface area contributed by atoms with Gasteiger partial charge in [0.25, 0.3) is 0 Å². The average Bonchev–Trinajstić information content (AvgIpc) is 1.67. The summed E-state index contributed by atoms with van der Waals surface area (Å²) < 4.78 is 124. The van der Waals surface area contributed by atoms with Crippen LogP contribution >= 0.6 is 0 Å². The number of hydrogen-bond acceptors (Lipinski definition) is 18. The van der Waals surface area contributed by atoms with Crippen molar-refractivity contribution in [2.45, 2.75) is 58.3 Å². The minimum atomic E-state index is -0.372. The second-order valence-corrected chi connectivity index (χ2v) is 32.5. The van der Waals surface area contributed by atoms with E-state index in [1.807, 2.05) is 66.7 Å². The van der Waals surface area contributed by atoms with Gasteiger partial charge < -0.3 is 29.1 Å². The topological polar surface area (TPSA) is 274 Å². The number of aromatic nitrogens is 16. The van der Waals surface area contributed by atoms with Crippen LogP contribution in [0.15, 0.2) is 292 Å². The zero-order valence-electron chi connectivity index (χ0n) is 75.2. The fourth-order valence-electron chi connectivity index (χ4n) is 16.0. The van der Waals surface area contributed by atoms with Gasteiger partial charge in [-0.2, -0.15) is 0 Å². The van der Waals surface area contributed by atoms with Crippen LogP contribution in [0, 0.1) is 46.5 Å². The van der Waals surface area contributed by atoms with Crippen LogP contribution in [0.25, 0.3) is 108 Å². The fraction of sp³-hybridized carbons (Fsp3) is 0.181. The summed E-state index contributed by atoms with van der Waals surface area (Å²) in [6.07, 6.45) is 14.6. The molecule has 139 heavy (non-hydrogen) atoms. The fourth-order valence-corrected chi connectivity index (χ4v) is 16.0. The molecule has 9 aromatic carbocycles. The van der Waals surface area contributed by atoms with Gasteiger partial charge in [0, 0.05) is 134 Å². The van der Waals surface area contributed by atoms with Gasteiger partial charge in [-0.05, 0) is 278 Å². The first-order chi connectivity index (χ1) is 67.6. The SMILES string of the molecule is COc1ccc2c(n1)CCN(C(=O)Cn1nc(-c3ccc(F)cc3)nc1-c1ccc(F)cc1)CC2.COc1cccc(C2=CCN(C(=O)Cn3nc(-c4ccc(F)cc4)nc3-c3ccc(F)cc3)CC2)c1.O=C(Cn1nc(-c2ccc(F)cc2)nc1-c1ccc(F)cc1)N1CC=C(c2ccccn2)CC1.O=C(Cn1nc(-c2ccc(F)cc2)nc1-c1ccc(F)cc1)N1CC=C(c2ncccn2)CC1. The lowest BCUT2D eigenvalue weighted by Gasteiger charge is -2.27. The van der Waals surface area contributed by atoms with E-state index in [-0.39, 0.29) is 96.3 Å². The van der Waals surface area contributed by atoms with Gasteiger partial charge in [-0.3, -0.25) is 24.2 Å². The number of methoxy groups -OCH3 is 2. The maximum absolute atomic E-state index is 13.5. The predicted octanol–water partition coefficient (Wildman–Crippen LogP) is 17.7. The Morgan fingerprint density at radius 1 is 0.288 bits per heavy atom. The molecule has 0 aliphatic carbocycles. The maximum atomic E-state index is 13.5. The highest BCUT2D eigenvalue weighted by Gasteiger charge is 2.29. The van der Waals surface area contributed by atoms with Gasteiger partial charge in [-0.25, -0.2) is 88.7 Å². The van der Waals surface area contributed by atoms with Crippen LogP contribution in [-0.2, 0) is 58.2 Å². The Morgan fingerprint density at radius 3 is 0.957 bits per heavy atom. The number of carbonyl (C=O) groups is 4. The number of benzene rings is 9. The Bertz CT molecular complexity index is 6920. The predicted molar refractivity (Wildman–Crippen MR) is 505 cm³/mol. The van der Waals surface area contributed by atoms with Crippen molar-refractivity contribution in [1.82, 2.24) is 98.6 Å². The Morgan fingerprint density at radius 2 is 0.619 bits per heavy atom. The number of ether oxygens (including phenoxy) is 2. The average molecular weight is 1880 g/mol. The highest BCUT2D eigenvalue weighted by molar-refractivity contribution is 5.82. The monoisotopic (exact) mass is 1880 g/mol. The van der Waals surface area contributed by atoms with Crippen LogP contribution in [0.1, 0.15) is 47.6 Å². The number of halogens is 8.